The molecule has 0 saturated carbocycles. The van der Waals surface area contributed by atoms with Crippen LogP contribution in [-0.2, 0) is 4.74 Å². The van der Waals surface area contributed by atoms with Crippen molar-refractivity contribution in [2.24, 2.45) is 0 Å². The number of anilines is 1. The van der Waals surface area contributed by atoms with Crippen LogP contribution in [0.4, 0.5) is 9.80 Å². The smallest absolute Gasteiger partial charge is 0.412 e. The molecule has 202 valence electrons. The highest BCUT2D eigenvalue weighted by Crippen LogP contribution is 2.49. The third kappa shape index (κ3) is 5.47. The van der Waals surface area contributed by atoms with Gasteiger partial charge < -0.3 is 14.4 Å². The highest BCUT2D eigenvalue weighted by Gasteiger charge is 2.43. The lowest BCUT2D eigenvalue weighted by Crippen LogP contribution is -2.47. The number of rotatable bonds is 3. The van der Waals surface area contributed by atoms with Gasteiger partial charge in [0.15, 0.2) is 5.78 Å². The second-order valence-electron chi connectivity index (χ2n) is 10.8. The number of benzene rings is 2. The molecule has 0 atom stereocenters. The summed E-state index contributed by atoms with van der Waals surface area (Å²) in [4.78, 5) is 42.3. The van der Waals surface area contributed by atoms with Crippen molar-refractivity contribution in [3.05, 3.63) is 53.1 Å². The molecule has 1 fully saturated rings. The van der Waals surface area contributed by atoms with Crippen LogP contribution in [0.25, 0.3) is 10.1 Å². The Labute approximate surface area is 235 Å². The number of ether oxygens (including phenoxy) is 2. The number of likely N-dealkylation sites (tertiary alicyclic amines) is 1. The van der Waals surface area contributed by atoms with Crippen molar-refractivity contribution in [1.82, 2.24) is 4.90 Å². The van der Waals surface area contributed by atoms with Gasteiger partial charge in [0, 0.05) is 44.8 Å². The van der Waals surface area contributed by atoms with E-state index < -0.39 is 11.7 Å². The first-order valence-electron chi connectivity index (χ1n) is 12.7. The molecule has 8 nitrogen and oxygen atoms in total. The second kappa shape index (κ2) is 10.2. The minimum Gasteiger partial charge on any atom is -0.497 e. The molecular weight excluding hydrogens is 534 g/mol. The van der Waals surface area contributed by atoms with Crippen molar-refractivity contribution >= 4 is 56.0 Å². The summed E-state index contributed by atoms with van der Waals surface area (Å²) >= 11 is 2.99. The summed E-state index contributed by atoms with van der Waals surface area (Å²) in [6.45, 7) is 6.33. The van der Waals surface area contributed by atoms with Crippen LogP contribution >= 0.6 is 23.1 Å². The summed E-state index contributed by atoms with van der Waals surface area (Å²) in [7, 11) is 1.58. The van der Waals surface area contributed by atoms with Crippen molar-refractivity contribution in [3.63, 3.8) is 0 Å². The number of nitriles is 1. The molecule has 2 aromatic carbocycles. The number of carbonyl (C=O) groups is 3. The fourth-order valence-corrected chi connectivity index (χ4v) is 7.60. The first kappa shape index (κ1) is 27.0. The van der Waals surface area contributed by atoms with Gasteiger partial charge in [-0.05, 0) is 70.0 Å². The molecule has 3 aromatic rings. The Kier molecular flexibility index (Phi) is 7.08. The normalized spacial score (nSPS) is 16.5. The Morgan fingerprint density at radius 2 is 1.87 bits per heavy atom. The van der Waals surface area contributed by atoms with Gasteiger partial charge in [-0.1, -0.05) is 0 Å². The van der Waals surface area contributed by atoms with Gasteiger partial charge in [0.25, 0.3) is 5.91 Å². The molecule has 39 heavy (non-hydrogen) atoms. The predicted molar refractivity (Wildman–Crippen MR) is 152 cm³/mol. The van der Waals surface area contributed by atoms with E-state index in [-0.39, 0.29) is 16.4 Å². The lowest BCUT2D eigenvalue weighted by molar-refractivity contribution is 0.0636. The monoisotopic (exact) mass is 563 g/mol. The van der Waals surface area contributed by atoms with Gasteiger partial charge in [0.2, 0.25) is 0 Å². The maximum Gasteiger partial charge on any atom is 0.412 e. The van der Waals surface area contributed by atoms with Crippen LogP contribution in [0.1, 0.15) is 66.3 Å². The lowest BCUT2D eigenvalue weighted by atomic mass is 9.87. The van der Waals surface area contributed by atoms with Crippen LogP contribution in [0.5, 0.6) is 5.75 Å². The molecule has 0 unspecified atom stereocenters. The minimum absolute atomic E-state index is 0.0437. The van der Waals surface area contributed by atoms with Crippen LogP contribution in [-0.4, -0.2) is 53.2 Å². The van der Waals surface area contributed by atoms with Gasteiger partial charge in [0.05, 0.1) is 24.3 Å². The molecule has 0 aliphatic carbocycles. The van der Waals surface area contributed by atoms with Crippen molar-refractivity contribution in [2.75, 3.05) is 25.5 Å². The van der Waals surface area contributed by atoms with Crippen LogP contribution < -0.4 is 10.1 Å². The maximum absolute atomic E-state index is 13.9. The van der Waals surface area contributed by atoms with E-state index in [0.29, 0.717) is 59.8 Å². The number of hydrogen-bond acceptors (Lipinski definition) is 8. The Morgan fingerprint density at radius 3 is 2.54 bits per heavy atom. The number of Topliss-reactive ketones (excluding diaryl/α,β-unsaturated/α-hetero) is 1. The molecule has 1 spiro atoms. The highest BCUT2D eigenvalue weighted by molar-refractivity contribution is 8.01. The van der Waals surface area contributed by atoms with Crippen LogP contribution in [0.2, 0.25) is 0 Å². The van der Waals surface area contributed by atoms with Crippen LogP contribution in [0.15, 0.2) is 41.3 Å². The van der Waals surface area contributed by atoms with Crippen molar-refractivity contribution in [1.29, 1.82) is 5.26 Å². The number of thiophene rings is 1. The Morgan fingerprint density at radius 1 is 1.13 bits per heavy atom. The molecule has 1 saturated heterocycles. The number of fused-ring (bicyclic) bond motifs is 2. The first-order chi connectivity index (χ1) is 18.5. The standard InChI is InChI=1S/C29H29N3O5S2/c1-28(2,3)37-27(35)31-25-24(19-7-6-18(36-4)14-23(19)38-25)26(34)32-11-9-29(10-12-32)15-21(33)20-13-17(16-30)5-8-22(20)39-29/h5-8,13-14H,9-12,15H2,1-4H3,(H,31,35). The lowest BCUT2D eigenvalue weighted by Gasteiger charge is -2.43. The van der Waals surface area contributed by atoms with Crippen LogP contribution in [0.3, 0.4) is 0 Å². The predicted octanol–water partition coefficient (Wildman–Crippen LogP) is 6.48. The molecule has 0 radical (unpaired) electrons. The van der Waals surface area contributed by atoms with Crippen molar-refractivity contribution in [3.8, 4) is 11.8 Å². The number of nitrogens with one attached hydrogen (secondary N) is 1. The van der Waals surface area contributed by atoms with Gasteiger partial charge in [-0.25, -0.2) is 4.79 Å². The van der Waals surface area contributed by atoms with Gasteiger partial charge >= 0.3 is 6.09 Å². The number of thioether (sulfide) groups is 1. The van der Waals surface area contributed by atoms with E-state index in [1.54, 1.807) is 62.7 Å². The molecule has 10 heteroatoms. The molecule has 2 aliphatic rings. The Hall–Kier alpha value is -3.55. The Bertz CT molecular complexity index is 1520. The van der Waals surface area contributed by atoms with E-state index in [9.17, 15) is 19.6 Å². The fraction of sp³-hybridized carbons (Fsp3) is 0.379. The van der Waals surface area contributed by atoms with Crippen molar-refractivity contribution in [2.45, 2.75) is 55.3 Å². The molecule has 0 bridgehead atoms. The molecule has 1 aromatic heterocycles. The first-order valence-corrected chi connectivity index (χ1v) is 14.3. The maximum atomic E-state index is 13.9. The third-order valence-electron chi connectivity index (χ3n) is 6.91. The van der Waals surface area contributed by atoms with E-state index in [4.69, 9.17) is 9.47 Å². The van der Waals surface area contributed by atoms with Gasteiger partial charge in [-0.3, -0.25) is 14.9 Å². The average molecular weight is 564 g/mol. The number of amides is 2. The fourth-order valence-electron chi connectivity index (χ4n) is 5.02. The SMILES string of the molecule is COc1ccc2c(C(=O)N3CCC4(CC3)CC(=O)c3cc(C#N)ccc3S4)c(NC(=O)OC(C)(C)C)sc2c1. The molecule has 3 heterocycles. The quantitative estimate of drug-likeness (QED) is 0.388. The number of methoxy groups -OCH3 is 1. The number of hydrogen-bond donors (Lipinski definition) is 1. The van der Waals surface area contributed by atoms with E-state index >= 15 is 0 Å². The number of carbonyl (C=O) groups excluding carboxylic acids is 3. The van der Waals surface area contributed by atoms with E-state index in [2.05, 4.69) is 11.4 Å². The van der Waals surface area contributed by atoms with Gasteiger partial charge in [-0.2, -0.15) is 5.26 Å². The molecule has 1 N–H and O–H groups in total. The van der Waals surface area contributed by atoms with E-state index in [0.717, 1.165) is 15.0 Å². The third-order valence-corrected chi connectivity index (χ3v) is 9.54. The summed E-state index contributed by atoms with van der Waals surface area (Å²) in [5.74, 6) is 0.536. The average Bonchev–Trinajstić information content (AvgIpc) is 3.24. The molecule has 5 rings (SSSR count). The van der Waals surface area contributed by atoms with Crippen molar-refractivity contribution < 1.29 is 23.9 Å². The second-order valence-corrected chi connectivity index (χ2v) is 13.4. The minimum atomic E-state index is -0.681. The zero-order valence-corrected chi connectivity index (χ0v) is 23.9. The van der Waals surface area contributed by atoms with Gasteiger partial charge in [-0.15, -0.1) is 23.1 Å². The summed E-state index contributed by atoms with van der Waals surface area (Å²) in [5, 5.41) is 13.2. The summed E-state index contributed by atoms with van der Waals surface area (Å²) < 4.78 is 11.3. The summed E-state index contributed by atoms with van der Waals surface area (Å²) in [6, 6.07) is 12.9. The topological polar surface area (TPSA) is 109 Å². The number of ketones is 1. The summed E-state index contributed by atoms with van der Waals surface area (Å²) in [5.41, 5.74) is 0.845. The number of nitrogens with zero attached hydrogens (tertiary/aromatic N) is 2. The van der Waals surface area contributed by atoms with E-state index in [1.165, 1.54) is 11.3 Å². The van der Waals surface area contributed by atoms with Crippen LogP contribution in [0, 0.1) is 11.3 Å². The molecule has 2 aliphatic heterocycles. The summed E-state index contributed by atoms with van der Waals surface area (Å²) in [6.07, 6.45) is 1.09. The Balaban J connectivity index is 1.39. The molecular formula is C29H29N3O5S2. The zero-order chi connectivity index (χ0) is 27.9. The van der Waals surface area contributed by atoms with E-state index in [1.807, 2.05) is 18.2 Å². The highest BCUT2D eigenvalue weighted by atomic mass is 32.2. The largest absolute Gasteiger partial charge is 0.497 e. The molecule has 2 amide bonds. The zero-order valence-electron chi connectivity index (χ0n) is 22.3. The number of piperidine rings is 1. The van der Waals surface area contributed by atoms with Gasteiger partial charge in [0.1, 0.15) is 16.4 Å².